The molecule has 1 unspecified atom stereocenters. The van der Waals surface area contributed by atoms with Crippen LogP contribution in [0.15, 0.2) is 0 Å². The molecule has 72 valence electrons. The van der Waals surface area contributed by atoms with Crippen molar-refractivity contribution in [3.05, 3.63) is 0 Å². The van der Waals surface area contributed by atoms with Crippen LogP contribution in [0.2, 0.25) is 0 Å². The SMILES string of the molecule is CCC(CCC(C)C)CC(=O)O. The van der Waals surface area contributed by atoms with Crippen LogP contribution in [0, 0.1) is 11.8 Å². The van der Waals surface area contributed by atoms with Crippen molar-refractivity contribution in [1.29, 1.82) is 0 Å². The fraction of sp³-hybridized carbons (Fsp3) is 0.900. The fourth-order valence-electron chi connectivity index (χ4n) is 1.27. The third kappa shape index (κ3) is 6.20. The van der Waals surface area contributed by atoms with E-state index in [1.807, 2.05) is 0 Å². The van der Waals surface area contributed by atoms with Gasteiger partial charge in [-0.1, -0.05) is 33.6 Å². The van der Waals surface area contributed by atoms with Gasteiger partial charge in [0, 0.05) is 6.42 Å². The fourth-order valence-corrected chi connectivity index (χ4v) is 1.27. The molecule has 12 heavy (non-hydrogen) atoms. The van der Waals surface area contributed by atoms with Gasteiger partial charge >= 0.3 is 5.97 Å². The highest BCUT2D eigenvalue weighted by Gasteiger charge is 2.11. The van der Waals surface area contributed by atoms with Gasteiger partial charge in [0.15, 0.2) is 0 Å². The van der Waals surface area contributed by atoms with Crippen LogP contribution in [0.25, 0.3) is 0 Å². The number of carbonyl (C=O) groups is 1. The van der Waals surface area contributed by atoms with Gasteiger partial charge in [-0.15, -0.1) is 0 Å². The van der Waals surface area contributed by atoms with Gasteiger partial charge in [-0.2, -0.15) is 0 Å². The molecule has 0 aliphatic carbocycles. The molecular formula is C10H20O2. The van der Waals surface area contributed by atoms with Crippen LogP contribution in [0.5, 0.6) is 0 Å². The zero-order valence-electron chi connectivity index (χ0n) is 8.34. The Morgan fingerprint density at radius 2 is 1.92 bits per heavy atom. The minimum atomic E-state index is -0.661. The Bertz CT molecular complexity index is 130. The third-order valence-electron chi connectivity index (χ3n) is 2.19. The summed E-state index contributed by atoms with van der Waals surface area (Å²) in [6.45, 7) is 6.41. The first kappa shape index (κ1) is 11.5. The summed E-state index contributed by atoms with van der Waals surface area (Å²) in [6, 6.07) is 0. The number of aliphatic carboxylic acids is 1. The molecule has 0 radical (unpaired) electrons. The Balaban J connectivity index is 3.60. The van der Waals surface area contributed by atoms with Crippen molar-refractivity contribution in [2.75, 3.05) is 0 Å². The molecule has 0 aliphatic rings. The maximum Gasteiger partial charge on any atom is 0.303 e. The standard InChI is InChI=1S/C10H20O2/c1-4-9(7-10(11)12)6-5-8(2)3/h8-9H,4-7H2,1-3H3,(H,11,12). The summed E-state index contributed by atoms with van der Waals surface area (Å²) in [7, 11) is 0. The number of carboxylic acids is 1. The molecule has 0 rings (SSSR count). The molecule has 0 fully saturated rings. The molecule has 2 nitrogen and oxygen atoms in total. The number of carboxylic acid groups (broad SMARTS) is 1. The largest absolute Gasteiger partial charge is 0.481 e. The van der Waals surface area contributed by atoms with Crippen LogP contribution >= 0.6 is 0 Å². The molecule has 0 aromatic carbocycles. The first-order valence-corrected chi connectivity index (χ1v) is 4.78. The molecular weight excluding hydrogens is 152 g/mol. The van der Waals surface area contributed by atoms with Crippen LogP contribution in [-0.4, -0.2) is 11.1 Å². The molecule has 1 atom stereocenters. The van der Waals surface area contributed by atoms with Gasteiger partial charge in [0.2, 0.25) is 0 Å². The minimum Gasteiger partial charge on any atom is -0.481 e. The van der Waals surface area contributed by atoms with Gasteiger partial charge < -0.3 is 5.11 Å². The van der Waals surface area contributed by atoms with Gasteiger partial charge in [-0.05, 0) is 18.3 Å². The monoisotopic (exact) mass is 172 g/mol. The van der Waals surface area contributed by atoms with Crippen LogP contribution in [0.3, 0.4) is 0 Å². The van der Waals surface area contributed by atoms with Crippen molar-refractivity contribution in [2.24, 2.45) is 11.8 Å². The average molecular weight is 172 g/mol. The van der Waals surface area contributed by atoms with Crippen molar-refractivity contribution in [3.63, 3.8) is 0 Å². The van der Waals surface area contributed by atoms with E-state index in [1.54, 1.807) is 0 Å². The van der Waals surface area contributed by atoms with E-state index >= 15 is 0 Å². The molecule has 0 heterocycles. The predicted octanol–water partition coefficient (Wildman–Crippen LogP) is 2.92. The maximum absolute atomic E-state index is 10.4. The van der Waals surface area contributed by atoms with E-state index in [4.69, 9.17) is 5.11 Å². The molecule has 0 aromatic heterocycles. The quantitative estimate of drug-likeness (QED) is 0.668. The lowest BCUT2D eigenvalue weighted by Gasteiger charge is -2.13. The number of hydrogen-bond acceptors (Lipinski definition) is 1. The molecule has 0 amide bonds. The molecule has 0 saturated carbocycles. The molecule has 1 N–H and O–H groups in total. The van der Waals surface area contributed by atoms with E-state index in [-0.39, 0.29) is 0 Å². The summed E-state index contributed by atoms with van der Waals surface area (Å²) < 4.78 is 0. The first-order valence-electron chi connectivity index (χ1n) is 4.78. The predicted molar refractivity (Wildman–Crippen MR) is 50.1 cm³/mol. The molecule has 0 bridgehead atoms. The van der Waals surface area contributed by atoms with Crippen LogP contribution in [0.4, 0.5) is 0 Å². The zero-order chi connectivity index (χ0) is 9.56. The highest BCUT2D eigenvalue weighted by Crippen LogP contribution is 2.18. The second-order valence-corrected chi connectivity index (χ2v) is 3.84. The van der Waals surface area contributed by atoms with Crippen LogP contribution < -0.4 is 0 Å². The van der Waals surface area contributed by atoms with Gasteiger partial charge in [0.25, 0.3) is 0 Å². The Kier molecular flexibility index (Phi) is 5.77. The number of rotatable bonds is 6. The Hall–Kier alpha value is -0.530. The summed E-state index contributed by atoms with van der Waals surface area (Å²) in [5.74, 6) is 0.406. The van der Waals surface area contributed by atoms with Crippen LogP contribution in [0.1, 0.15) is 46.5 Å². The van der Waals surface area contributed by atoms with Crippen LogP contribution in [-0.2, 0) is 4.79 Å². The van der Waals surface area contributed by atoms with Crippen molar-refractivity contribution < 1.29 is 9.90 Å². The molecule has 0 aromatic rings. The molecule has 0 aliphatic heterocycles. The van der Waals surface area contributed by atoms with Gasteiger partial charge in [0.1, 0.15) is 0 Å². The summed E-state index contributed by atoms with van der Waals surface area (Å²) in [5.41, 5.74) is 0. The Labute approximate surface area is 75.0 Å². The average Bonchev–Trinajstić information content (AvgIpc) is 1.97. The highest BCUT2D eigenvalue weighted by molar-refractivity contribution is 5.66. The summed E-state index contributed by atoms with van der Waals surface area (Å²) >= 11 is 0. The highest BCUT2D eigenvalue weighted by atomic mass is 16.4. The molecule has 0 spiro atoms. The van der Waals surface area contributed by atoms with Gasteiger partial charge in [-0.3, -0.25) is 4.79 Å². The van der Waals surface area contributed by atoms with Crippen molar-refractivity contribution in [3.8, 4) is 0 Å². The minimum absolute atomic E-state index is 0.337. The Morgan fingerprint density at radius 1 is 1.33 bits per heavy atom. The Morgan fingerprint density at radius 3 is 2.25 bits per heavy atom. The third-order valence-corrected chi connectivity index (χ3v) is 2.19. The van der Waals surface area contributed by atoms with Crippen molar-refractivity contribution >= 4 is 5.97 Å². The van der Waals surface area contributed by atoms with Crippen molar-refractivity contribution in [1.82, 2.24) is 0 Å². The smallest absolute Gasteiger partial charge is 0.303 e. The lowest BCUT2D eigenvalue weighted by molar-refractivity contribution is -0.138. The summed E-state index contributed by atoms with van der Waals surface area (Å²) in [4.78, 5) is 10.4. The topological polar surface area (TPSA) is 37.3 Å². The second-order valence-electron chi connectivity index (χ2n) is 3.84. The zero-order valence-corrected chi connectivity index (χ0v) is 8.34. The van der Waals surface area contributed by atoms with E-state index in [9.17, 15) is 4.79 Å². The normalized spacial score (nSPS) is 13.3. The molecule has 0 saturated heterocycles. The summed E-state index contributed by atoms with van der Waals surface area (Å²) in [6.07, 6.45) is 3.52. The van der Waals surface area contributed by atoms with Gasteiger partial charge in [0.05, 0.1) is 0 Å². The lowest BCUT2D eigenvalue weighted by atomic mass is 9.93. The molecule has 2 heteroatoms. The van der Waals surface area contributed by atoms with E-state index in [2.05, 4.69) is 20.8 Å². The van der Waals surface area contributed by atoms with E-state index in [1.165, 1.54) is 0 Å². The maximum atomic E-state index is 10.4. The lowest BCUT2D eigenvalue weighted by Crippen LogP contribution is -2.07. The second kappa shape index (κ2) is 6.04. The first-order chi connectivity index (χ1) is 5.56. The van der Waals surface area contributed by atoms with E-state index in [0.717, 1.165) is 19.3 Å². The van der Waals surface area contributed by atoms with E-state index < -0.39 is 5.97 Å². The van der Waals surface area contributed by atoms with E-state index in [0.29, 0.717) is 18.3 Å². The van der Waals surface area contributed by atoms with Crippen molar-refractivity contribution in [2.45, 2.75) is 46.5 Å². The summed E-state index contributed by atoms with van der Waals surface area (Å²) in [5, 5.41) is 8.58. The van der Waals surface area contributed by atoms with Gasteiger partial charge in [-0.25, -0.2) is 0 Å². The number of hydrogen-bond donors (Lipinski definition) is 1.